The van der Waals surface area contributed by atoms with E-state index in [1.165, 1.54) is 145 Å². The van der Waals surface area contributed by atoms with Crippen molar-refractivity contribution in [3.05, 3.63) is 35.9 Å². The molecule has 0 aliphatic carbocycles. The fourth-order valence-electron chi connectivity index (χ4n) is 5.31. The lowest BCUT2D eigenvalue weighted by molar-refractivity contribution is -0.941. The Hall–Kier alpha value is -0.820. The molecule has 0 N–H and O–H groups in total. The van der Waals surface area contributed by atoms with Crippen molar-refractivity contribution in [3.8, 4) is 0 Å². The van der Waals surface area contributed by atoms with E-state index in [4.69, 9.17) is 0 Å². The largest absolute Gasteiger partial charge is 0.320 e. The van der Waals surface area contributed by atoms with E-state index >= 15 is 0 Å². The van der Waals surface area contributed by atoms with Gasteiger partial charge in [-0.15, -0.1) is 0 Å². The van der Waals surface area contributed by atoms with E-state index in [0.717, 1.165) is 0 Å². The Morgan fingerprint density at radius 3 is 1.29 bits per heavy atom. The van der Waals surface area contributed by atoms with Crippen LogP contribution in [0.25, 0.3) is 0 Å². The molecular weight excluding hydrogens is 374 g/mol. The van der Waals surface area contributed by atoms with E-state index in [2.05, 4.69) is 51.1 Å². The SMILES string of the molecule is CCCCCCCCCCCCCCCCC[N+](CCC)(CCC)Cc1ccccc1. The highest BCUT2D eigenvalue weighted by molar-refractivity contribution is 5.13. The molecule has 31 heavy (non-hydrogen) atoms. The van der Waals surface area contributed by atoms with Crippen LogP contribution in [0.1, 0.15) is 135 Å². The molecule has 1 rings (SSSR count). The van der Waals surface area contributed by atoms with Gasteiger partial charge in [0.1, 0.15) is 6.54 Å². The molecule has 0 spiro atoms. The average Bonchev–Trinajstić information content (AvgIpc) is 2.77. The van der Waals surface area contributed by atoms with Gasteiger partial charge in [-0.2, -0.15) is 0 Å². The van der Waals surface area contributed by atoms with Gasteiger partial charge in [0, 0.05) is 5.56 Å². The van der Waals surface area contributed by atoms with Crippen LogP contribution in [0.3, 0.4) is 0 Å². The highest BCUT2D eigenvalue weighted by Gasteiger charge is 2.25. The predicted octanol–water partition coefficient (Wildman–Crippen LogP) is 9.69. The van der Waals surface area contributed by atoms with Crippen LogP contribution in [0.4, 0.5) is 0 Å². The maximum Gasteiger partial charge on any atom is 0.104 e. The lowest BCUT2D eigenvalue weighted by Gasteiger charge is -2.39. The molecule has 0 saturated carbocycles. The van der Waals surface area contributed by atoms with Crippen molar-refractivity contribution in [2.45, 2.75) is 136 Å². The van der Waals surface area contributed by atoms with Gasteiger partial charge in [0.15, 0.2) is 0 Å². The summed E-state index contributed by atoms with van der Waals surface area (Å²) in [5.74, 6) is 0. The van der Waals surface area contributed by atoms with Crippen LogP contribution in [0.5, 0.6) is 0 Å². The van der Waals surface area contributed by atoms with Crippen molar-refractivity contribution < 1.29 is 4.48 Å². The van der Waals surface area contributed by atoms with E-state index in [1.807, 2.05) is 0 Å². The molecule has 0 heterocycles. The Bertz CT molecular complexity index is 474. The fraction of sp³-hybridized carbons (Fsp3) is 0.800. The van der Waals surface area contributed by atoms with Gasteiger partial charge in [-0.05, 0) is 25.7 Å². The number of hydrogen-bond donors (Lipinski definition) is 0. The molecule has 0 aliphatic heterocycles. The molecule has 0 radical (unpaired) electrons. The summed E-state index contributed by atoms with van der Waals surface area (Å²) in [5.41, 5.74) is 1.52. The zero-order valence-electron chi connectivity index (χ0n) is 21.7. The molecule has 1 aromatic rings. The van der Waals surface area contributed by atoms with E-state index in [1.54, 1.807) is 0 Å². The second-order valence-electron chi connectivity index (χ2n) is 10.1. The van der Waals surface area contributed by atoms with E-state index in [0.29, 0.717) is 0 Å². The van der Waals surface area contributed by atoms with E-state index in [9.17, 15) is 0 Å². The third-order valence-electron chi connectivity index (χ3n) is 6.99. The lowest BCUT2D eigenvalue weighted by Crippen LogP contribution is -2.49. The molecule has 180 valence electrons. The van der Waals surface area contributed by atoms with Gasteiger partial charge in [-0.25, -0.2) is 0 Å². The summed E-state index contributed by atoms with van der Waals surface area (Å²) < 4.78 is 1.30. The Morgan fingerprint density at radius 1 is 0.452 bits per heavy atom. The quantitative estimate of drug-likeness (QED) is 0.127. The van der Waals surface area contributed by atoms with Gasteiger partial charge in [0.05, 0.1) is 19.6 Å². The Kier molecular flexibility index (Phi) is 18.1. The second-order valence-corrected chi connectivity index (χ2v) is 10.1. The van der Waals surface area contributed by atoms with Crippen molar-refractivity contribution in [1.29, 1.82) is 0 Å². The smallest absolute Gasteiger partial charge is 0.104 e. The van der Waals surface area contributed by atoms with Gasteiger partial charge < -0.3 is 4.48 Å². The molecule has 1 aromatic carbocycles. The molecule has 0 amide bonds. The summed E-state index contributed by atoms with van der Waals surface area (Å²) in [6.07, 6.45) is 24.4. The Morgan fingerprint density at radius 2 is 0.871 bits per heavy atom. The van der Waals surface area contributed by atoms with E-state index < -0.39 is 0 Å². The van der Waals surface area contributed by atoms with Crippen LogP contribution in [-0.4, -0.2) is 24.1 Å². The first kappa shape index (κ1) is 28.2. The summed E-state index contributed by atoms with van der Waals surface area (Å²) >= 11 is 0. The van der Waals surface area contributed by atoms with Gasteiger partial charge in [-0.1, -0.05) is 135 Å². The van der Waals surface area contributed by atoms with E-state index in [-0.39, 0.29) is 0 Å². The van der Waals surface area contributed by atoms with Crippen LogP contribution < -0.4 is 0 Å². The lowest BCUT2D eigenvalue weighted by atomic mass is 10.0. The standard InChI is InChI=1S/C30H56N/c1-4-7-8-9-10-11-12-13-14-15-16-17-18-19-23-28-31(26-5-2,27-6-3)29-30-24-21-20-22-25-30/h20-22,24-25H,4-19,23,26-29H2,1-3H3/q+1. The molecule has 0 fully saturated rings. The first-order valence-corrected chi connectivity index (χ1v) is 14.2. The second kappa shape index (κ2) is 19.8. The zero-order valence-corrected chi connectivity index (χ0v) is 21.7. The third-order valence-corrected chi connectivity index (χ3v) is 6.99. The first-order valence-electron chi connectivity index (χ1n) is 14.2. The number of quaternary nitrogens is 1. The zero-order chi connectivity index (χ0) is 22.5. The number of rotatable bonds is 22. The van der Waals surface area contributed by atoms with Crippen LogP contribution >= 0.6 is 0 Å². The van der Waals surface area contributed by atoms with Crippen molar-refractivity contribution in [2.75, 3.05) is 19.6 Å². The maximum absolute atomic E-state index is 2.36. The molecule has 0 saturated heterocycles. The number of nitrogens with zero attached hydrogens (tertiary/aromatic N) is 1. The normalized spacial score (nSPS) is 11.8. The van der Waals surface area contributed by atoms with Crippen molar-refractivity contribution in [3.63, 3.8) is 0 Å². The number of hydrogen-bond acceptors (Lipinski definition) is 0. The summed E-state index contributed by atoms with van der Waals surface area (Å²) in [7, 11) is 0. The Labute approximate surface area is 196 Å². The highest BCUT2D eigenvalue weighted by atomic mass is 15.3. The summed E-state index contributed by atoms with van der Waals surface area (Å²) in [6.45, 7) is 12.3. The summed E-state index contributed by atoms with van der Waals surface area (Å²) in [5, 5.41) is 0. The maximum atomic E-state index is 2.36. The molecule has 1 nitrogen and oxygen atoms in total. The van der Waals surface area contributed by atoms with Crippen molar-refractivity contribution in [2.24, 2.45) is 0 Å². The first-order chi connectivity index (χ1) is 15.3. The molecule has 0 unspecified atom stereocenters. The van der Waals surface area contributed by atoms with Crippen LogP contribution in [0.15, 0.2) is 30.3 Å². The topological polar surface area (TPSA) is 0 Å². The van der Waals surface area contributed by atoms with Gasteiger partial charge in [0.2, 0.25) is 0 Å². The number of benzene rings is 1. The summed E-state index contributed by atoms with van der Waals surface area (Å²) in [4.78, 5) is 0. The molecule has 0 bridgehead atoms. The minimum Gasteiger partial charge on any atom is -0.320 e. The van der Waals surface area contributed by atoms with Crippen molar-refractivity contribution >= 4 is 0 Å². The van der Waals surface area contributed by atoms with Crippen LogP contribution in [0, 0.1) is 0 Å². The average molecular weight is 431 g/mol. The third kappa shape index (κ3) is 14.8. The highest BCUT2D eigenvalue weighted by Crippen LogP contribution is 2.20. The molecule has 0 aromatic heterocycles. The molecule has 0 atom stereocenters. The minimum atomic E-state index is 1.22. The fourth-order valence-corrected chi connectivity index (χ4v) is 5.31. The van der Waals surface area contributed by atoms with Crippen LogP contribution in [0.2, 0.25) is 0 Å². The minimum absolute atomic E-state index is 1.22. The molecule has 0 aliphatic rings. The Balaban J connectivity index is 2.10. The summed E-state index contributed by atoms with van der Waals surface area (Å²) in [6, 6.07) is 11.2. The molecule has 1 heteroatoms. The predicted molar refractivity (Wildman–Crippen MR) is 141 cm³/mol. The molecular formula is C30H56N+. The van der Waals surface area contributed by atoms with Gasteiger partial charge in [0.25, 0.3) is 0 Å². The van der Waals surface area contributed by atoms with Gasteiger partial charge >= 0.3 is 0 Å². The van der Waals surface area contributed by atoms with Crippen molar-refractivity contribution in [1.82, 2.24) is 0 Å². The van der Waals surface area contributed by atoms with Gasteiger partial charge in [-0.3, -0.25) is 0 Å². The number of unbranched alkanes of at least 4 members (excludes halogenated alkanes) is 14. The van der Waals surface area contributed by atoms with Crippen LogP contribution in [-0.2, 0) is 6.54 Å². The monoisotopic (exact) mass is 430 g/mol.